The summed E-state index contributed by atoms with van der Waals surface area (Å²) in [5.41, 5.74) is 4.05. The molecule has 3 aliphatic carbocycles. The Hall–Kier alpha value is -3.13. The lowest BCUT2D eigenvalue weighted by atomic mass is 9.52. The lowest BCUT2D eigenvalue weighted by molar-refractivity contribution is -0.123. The largest absolute Gasteiger partial charge is 0.511 e. The molecule has 0 aliphatic heterocycles. The van der Waals surface area contributed by atoms with Crippen molar-refractivity contribution in [2.24, 2.45) is 23.5 Å². The number of aromatic hydroxyl groups is 1. The lowest BCUT2D eigenvalue weighted by Gasteiger charge is -2.51. The number of hydrogen-bond acceptors (Lipinski definition) is 7. The number of allylic oxidation sites excluding steroid dienone is 2. The molecule has 0 fully saturated rings. The molecule has 0 bridgehead atoms. The van der Waals surface area contributed by atoms with Crippen LogP contribution in [0, 0.1) is 17.8 Å². The number of aliphatic hydroxyl groups is 3. The standard InChI is InChI=1S/C21H21NO7/c1-21(2)8-4-3-5-9(23)12(8)19(28)14-15(21)16(25)7-6-10(24)13(20(22)29)17(26)11(7)18(14)27/h3-5,7,14-16,23,25-27H,6H2,1-2H3,(H2,22,29)/t7-,14-,15+,16-/m1/s1. The maximum atomic E-state index is 13.3. The molecule has 8 heteroatoms. The van der Waals surface area contributed by atoms with Crippen LogP contribution < -0.4 is 5.73 Å². The number of Topliss-reactive ketones (excluding diaryl/α,β-unsaturated/α-hetero) is 2. The van der Waals surface area contributed by atoms with Gasteiger partial charge in [-0.1, -0.05) is 26.0 Å². The first-order valence-electron chi connectivity index (χ1n) is 9.24. The molecule has 152 valence electrons. The van der Waals surface area contributed by atoms with Gasteiger partial charge in [0.2, 0.25) is 0 Å². The van der Waals surface area contributed by atoms with E-state index in [1.165, 1.54) is 6.07 Å². The fourth-order valence-corrected chi connectivity index (χ4v) is 5.29. The Bertz CT molecular complexity index is 1050. The number of fused-ring (bicyclic) bond motifs is 3. The second-order valence-electron chi connectivity index (χ2n) is 8.40. The molecule has 6 N–H and O–H groups in total. The molecule has 29 heavy (non-hydrogen) atoms. The zero-order valence-corrected chi connectivity index (χ0v) is 15.8. The predicted octanol–water partition coefficient (Wildman–Crippen LogP) is 1.17. The highest BCUT2D eigenvalue weighted by Gasteiger charge is 2.59. The third-order valence-corrected chi connectivity index (χ3v) is 6.60. The van der Waals surface area contributed by atoms with Crippen LogP contribution in [0.1, 0.15) is 36.2 Å². The number of phenols is 1. The summed E-state index contributed by atoms with van der Waals surface area (Å²) in [6.07, 6.45) is -1.59. The Balaban J connectivity index is 2.02. The molecule has 0 saturated heterocycles. The topological polar surface area (TPSA) is 158 Å². The summed E-state index contributed by atoms with van der Waals surface area (Å²) in [7, 11) is 0. The third-order valence-electron chi connectivity index (χ3n) is 6.60. The number of ketones is 2. The molecule has 0 heterocycles. The Labute approximate surface area is 166 Å². The van der Waals surface area contributed by atoms with Crippen molar-refractivity contribution in [3.63, 3.8) is 0 Å². The molecule has 0 radical (unpaired) electrons. The second-order valence-corrected chi connectivity index (χ2v) is 8.40. The molecule has 0 aromatic heterocycles. The first-order valence-corrected chi connectivity index (χ1v) is 9.24. The van der Waals surface area contributed by atoms with Crippen LogP contribution in [0.5, 0.6) is 5.75 Å². The number of primary amides is 1. The number of rotatable bonds is 1. The van der Waals surface area contributed by atoms with E-state index in [1.54, 1.807) is 26.0 Å². The van der Waals surface area contributed by atoms with Gasteiger partial charge in [0, 0.05) is 23.8 Å². The fraction of sp³-hybridized carbons (Fsp3) is 0.381. The molecule has 0 saturated carbocycles. The van der Waals surface area contributed by atoms with Gasteiger partial charge in [0.25, 0.3) is 5.91 Å². The number of aliphatic hydroxyl groups excluding tert-OH is 3. The molecule has 0 spiro atoms. The van der Waals surface area contributed by atoms with Gasteiger partial charge in [0.15, 0.2) is 11.6 Å². The highest BCUT2D eigenvalue weighted by atomic mass is 16.3. The minimum Gasteiger partial charge on any atom is -0.511 e. The Morgan fingerprint density at radius 1 is 1.17 bits per heavy atom. The number of amides is 1. The van der Waals surface area contributed by atoms with Crippen LogP contribution in [-0.2, 0) is 15.0 Å². The number of benzene rings is 1. The van der Waals surface area contributed by atoms with Crippen molar-refractivity contribution in [1.82, 2.24) is 0 Å². The molecular weight excluding hydrogens is 378 g/mol. The quantitative estimate of drug-likeness (QED) is 0.443. The summed E-state index contributed by atoms with van der Waals surface area (Å²) in [5.74, 6) is -7.10. The van der Waals surface area contributed by atoms with Crippen molar-refractivity contribution in [3.05, 3.63) is 52.0 Å². The van der Waals surface area contributed by atoms with Crippen LogP contribution in [0.2, 0.25) is 0 Å². The molecule has 0 unspecified atom stereocenters. The molecule has 8 nitrogen and oxygen atoms in total. The van der Waals surface area contributed by atoms with E-state index >= 15 is 0 Å². The van der Waals surface area contributed by atoms with Gasteiger partial charge >= 0.3 is 0 Å². The zero-order chi connectivity index (χ0) is 21.4. The summed E-state index contributed by atoms with van der Waals surface area (Å²) in [6.45, 7) is 3.57. The van der Waals surface area contributed by atoms with Gasteiger partial charge in [0.05, 0.1) is 17.6 Å². The van der Waals surface area contributed by atoms with Crippen LogP contribution in [0.3, 0.4) is 0 Å². The van der Waals surface area contributed by atoms with E-state index in [9.17, 15) is 34.8 Å². The second kappa shape index (κ2) is 5.93. The first kappa shape index (κ1) is 19.2. The Morgan fingerprint density at radius 2 is 1.83 bits per heavy atom. The minimum atomic E-state index is -1.26. The molecular formula is C21H21NO7. The Morgan fingerprint density at radius 3 is 2.45 bits per heavy atom. The number of nitrogens with two attached hydrogens (primary N) is 1. The average molecular weight is 399 g/mol. The summed E-state index contributed by atoms with van der Waals surface area (Å²) >= 11 is 0. The van der Waals surface area contributed by atoms with E-state index in [0.717, 1.165) is 0 Å². The van der Waals surface area contributed by atoms with E-state index in [-0.39, 0.29) is 23.3 Å². The minimum absolute atomic E-state index is 0.0435. The first-order chi connectivity index (χ1) is 13.5. The van der Waals surface area contributed by atoms with Gasteiger partial charge in [-0.2, -0.15) is 0 Å². The number of hydrogen-bond donors (Lipinski definition) is 5. The normalized spacial score (nSPS) is 30.6. The third kappa shape index (κ3) is 2.32. The van der Waals surface area contributed by atoms with Crippen LogP contribution >= 0.6 is 0 Å². The van der Waals surface area contributed by atoms with Crippen molar-refractivity contribution in [1.29, 1.82) is 0 Å². The van der Waals surface area contributed by atoms with Gasteiger partial charge in [-0.05, 0) is 17.0 Å². The molecule has 1 aromatic carbocycles. The van der Waals surface area contributed by atoms with Crippen molar-refractivity contribution in [3.8, 4) is 5.75 Å². The lowest BCUT2D eigenvalue weighted by Crippen LogP contribution is -2.56. The van der Waals surface area contributed by atoms with Crippen LogP contribution in [0.15, 0.2) is 40.9 Å². The van der Waals surface area contributed by atoms with Crippen molar-refractivity contribution >= 4 is 17.5 Å². The highest BCUT2D eigenvalue weighted by Crippen LogP contribution is 2.56. The van der Waals surface area contributed by atoms with Gasteiger partial charge in [-0.25, -0.2) is 0 Å². The molecule has 1 amide bonds. The average Bonchev–Trinajstić information content (AvgIpc) is 2.61. The predicted molar refractivity (Wildman–Crippen MR) is 100 cm³/mol. The van der Waals surface area contributed by atoms with Crippen LogP contribution in [0.25, 0.3) is 0 Å². The van der Waals surface area contributed by atoms with E-state index < -0.39 is 63.8 Å². The number of phenolic OH excluding ortho intramolecular Hbond substituents is 1. The molecule has 1 aromatic rings. The molecule has 4 atom stereocenters. The van der Waals surface area contributed by atoms with E-state index in [2.05, 4.69) is 0 Å². The fourth-order valence-electron chi connectivity index (χ4n) is 5.29. The SMILES string of the molecule is CC1(C)c2cccc(O)c2C(=O)[C@H]2C(O)=C3C(O)=C(C(N)=O)C(=O)C[C@H]3[C@@H](O)[C@H]21. The van der Waals surface area contributed by atoms with Gasteiger partial charge < -0.3 is 26.2 Å². The van der Waals surface area contributed by atoms with E-state index in [4.69, 9.17) is 5.73 Å². The van der Waals surface area contributed by atoms with E-state index in [0.29, 0.717) is 5.56 Å². The smallest absolute Gasteiger partial charge is 0.256 e. The van der Waals surface area contributed by atoms with E-state index in [1.807, 2.05) is 0 Å². The van der Waals surface area contributed by atoms with Crippen molar-refractivity contribution in [2.45, 2.75) is 31.8 Å². The summed E-state index contributed by atoms with van der Waals surface area (Å²) in [5, 5.41) is 43.0. The zero-order valence-electron chi connectivity index (χ0n) is 15.8. The maximum absolute atomic E-state index is 13.3. The Kier molecular flexibility index (Phi) is 3.93. The maximum Gasteiger partial charge on any atom is 0.256 e. The highest BCUT2D eigenvalue weighted by molar-refractivity contribution is 6.20. The van der Waals surface area contributed by atoms with Crippen molar-refractivity contribution < 1.29 is 34.8 Å². The molecule has 4 rings (SSSR count). The van der Waals surface area contributed by atoms with Gasteiger partial charge in [-0.15, -0.1) is 0 Å². The summed E-state index contributed by atoms with van der Waals surface area (Å²) in [4.78, 5) is 37.2. The van der Waals surface area contributed by atoms with Gasteiger partial charge in [0.1, 0.15) is 22.8 Å². The number of carbonyl (C=O) groups is 3. The van der Waals surface area contributed by atoms with Crippen molar-refractivity contribution in [2.75, 3.05) is 0 Å². The summed E-state index contributed by atoms with van der Waals surface area (Å²) < 4.78 is 0. The van der Waals surface area contributed by atoms with Crippen LogP contribution in [0.4, 0.5) is 0 Å². The monoisotopic (exact) mass is 399 g/mol. The van der Waals surface area contributed by atoms with Gasteiger partial charge in [-0.3, -0.25) is 14.4 Å². The summed E-state index contributed by atoms with van der Waals surface area (Å²) in [6, 6.07) is 4.64. The number of carbonyl (C=O) groups excluding carboxylic acids is 3. The molecule has 3 aliphatic rings. The van der Waals surface area contributed by atoms with Crippen LogP contribution in [-0.4, -0.2) is 44.0 Å².